The number of aromatic nitrogens is 12. The van der Waals surface area contributed by atoms with Crippen LogP contribution in [0.5, 0.6) is 0 Å². The third-order valence-electron chi connectivity index (χ3n) is 21.1. The van der Waals surface area contributed by atoms with Crippen LogP contribution in [0.2, 0.25) is 0 Å². The fraction of sp³-hybridized carbons (Fsp3) is 0.227. The molecule has 560 valence electrons. The average molecular weight is 1470 g/mol. The van der Waals surface area contributed by atoms with Gasteiger partial charge in [-0.25, -0.2) is 44.9 Å². The van der Waals surface area contributed by atoms with E-state index in [0.717, 1.165) is 141 Å². The Morgan fingerprint density at radius 1 is 0.286 bits per heavy atom. The number of benzene rings is 11. The van der Waals surface area contributed by atoms with Crippen molar-refractivity contribution in [1.82, 2.24) is 58.6 Å². The quantitative estimate of drug-likeness (QED) is 0.0958. The molecule has 0 spiro atoms. The molecule has 1 aliphatic rings. The van der Waals surface area contributed by atoms with Gasteiger partial charge < -0.3 is 9.31 Å². The zero-order valence-electron chi connectivity index (χ0n) is 66.2. The van der Waals surface area contributed by atoms with E-state index in [1.807, 2.05) is 32.0 Å². The number of fused-ring (bicyclic) bond motifs is 3. The second kappa shape index (κ2) is 31.7. The van der Waals surface area contributed by atoms with Gasteiger partial charge in [-0.1, -0.05) is 229 Å². The number of imidazole rings is 3. The molecule has 0 saturated carbocycles. The lowest BCUT2D eigenvalue weighted by Crippen LogP contribution is -2.41. The Morgan fingerprint density at radius 3 is 0.857 bits per heavy atom. The highest BCUT2D eigenvalue weighted by atomic mass is 16.7. The second-order valence-electron chi connectivity index (χ2n) is 31.2. The maximum absolute atomic E-state index is 6.22. The highest BCUT2D eigenvalue weighted by Crippen LogP contribution is 2.39. The SMILES string of the molecule is C.CC(C)c1ccc(-n2c(-c3ccc(B4OC(C)(C)C(C)(C)O4)cc3)nc3ccccc32)cc1.Cc1cc(C)cc(-c2nc(-c3ccc(-c4nc5ccccc5n4-c4ccc(C(C)C)cc4)cc3)nc(-c3ccc(-c4nc5ccccc5n4-c4ccc(C(C)C)cc4)cc3)n2)c1.Cc1cc(C)cc(-c2nc(C)nc(C)n2)c1. The number of nitrogens with zero attached hydrogens (tertiary/aromatic N) is 12. The molecule has 0 amide bonds. The van der Waals surface area contributed by atoms with E-state index >= 15 is 0 Å². The molecule has 0 atom stereocenters. The molecule has 0 bridgehead atoms. The van der Waals surface area contributed by atoms with Crippen LogP contribution in [0, 0.1) is 41.5 Å². The third kappa shape index (κ3) is 15.9. The summed E-state index contributed by atoms with van der Waals surface area (Å²) in [4.78, 5) is 43.5. The molecule has 14 nitrogen and oxygen atoms in total. The zero-order valence-corrected chi connectivity index (χ0v) is 66.2. The lowest BCUT2D eigenvalue weighted by atomic mass is 9.79. The zero-order chi connectivity index (χ0) is 77.6. The summed E-state index contributed by atoms with van der Waals surface area (Å²) < 4.78 is 19.2. The lowest BCUT2D eigenvalue weighted by Gasteiger charge is -2.32. The van der Waals surface area contributed by atoms with E-state index in [9.17, 15) is 0 Å². The van der Waals surface area contributed by atoms with Crippen LogP contribution in [-0.2, 0) is 9.31 Å². The summed E-state index contributed by atoms with van der Waals surface area (Å²) in [7, 11) is -0.369. The van der Waals surface area contributed by atoms with Gasteiger partial charge in [-0.05, 0) is 206 Å². The molecule has 0 aliphatic carbocycles. The maximum atomic E-state index is 6.22. The molecule has 1 fully saturated rings. The lowest BCUT2D eigenvalue weighted by molar-refractivity contribution is 0.00578. The van der Waals surface area contributed by atoms with Crippen LogP contribution < -0.4 is 5.46 Å². The van der Waals surface area contributed by atoms with Gasteiger partial charge in [-0.15, -0.1) is 0 Å². The molecular formula is C97H97BN12O2. The molecule has 11 aromatic carbocycles. The minimum absolute atomic E-state index is 0. The van der Waals surface area contributed by atoms with Crippen LogP contribution in [0.4, 0.5) is 0 Å². The summed E-state index contributed by atoms with van der Waals surface area (Å²) in [6, 6.07) is 89.3. The molecular weight excluding hydrogens is 1380 g/mol. The van der Waals surface area contributed by atoms with Crippen LogP contribution >= 0.6 is 0 Å². The van der Waals surface area contributed by atoms with Gasteiger partial charge in [0.15, 0.2) is 23.3 Å². The van der Waals surface area contributed by atoms with Crippen LogP contribution in [0.1, 0.15) is 145 Å². The Morgan fingerprint density at radius 2 is 0.554 bits per heavy atom. The predicted octanol–water partition coefficient (Wildman–Crippen LogP) is 23.3. The van der Waals surface area contributed by atoms with Crippen LogP contribution in [0.3, 0.4) is 0 Å². The van der Waals surface area contributed by atoms with Crippen LogP contribution in [0.25, 0.3) is 130 Å². The minimum Gasteiger partial charge on any atom is -0.399 e. The number of rotatable bonds is 14. The van der Waals surface area contributed by atoms with Gasteiger partial charge in [0.05, 0.1) is 44.3 Å². The molecule has 112 heavy (non-hydrogen) atoms. The van der Waals surface area contributed by atoms with E-state index in [-0.39, 0.29) is 25.7 Å². The van der Waals surface area contributed by atoms with E-state index in [4.69, 9.17) is 39.2 Å². The predicted molar refractivity (Wildman–Crippen MR) is 461 cm³/mol. The Balaban J connectivity index is 0.000000172. The number of hydrogen-bond donors (Lipinski definition) is 0. The smallest absolute Gasteiger partial charge is 0.399 e. The van der Waals surface area contributed by atoms with Crippen molar-refractivity contribution < 1.29 is 9.31 Å². The van der Waals surface area contributed by atoms with Crippen molar-refractivity contribution in [1.29, 1.82) is 0 Å². The molecule has 17 rings (SSSR count). The van der Waals surface area contributed by atoms with Gasteiger partial charge in [-0.3, -0.25) is 13.7 Å². The van der Waals surface area contributed by atoms with E-state index in [1.165, 1.54) is 27.8 Å². The van der Waals surface area contributed by atoms with Crippen molar-refractivity contribution in [2.45, 2.75) is 147 Å². The van der Waals surface area contributed by atoms with Gasteiger partial charge in [0.1, 0.15) is 29.1 Å². The molecule has 1 saturated heterocycles. The molecule has 0 N–H and O–H groups in total. The Kier molecular flexibility index (Phi) is 21.7. The summed E-state index contributed by atoms with van der Waals surface area (Å²) in [5.74, 6) is 8.21. The first-order valence-electron chi connectivity index (χ1n) is 38.4. The normalized spacial score (nSPS) is 13.0. The Labute approximate surface area is 659 Å². The summed E-state index contributed by atoms with van der Waals surface area (Å²) in [5.41, 5.74) is 25.2. The van der Waals surface area contributed by atoms with E-state index in [0.29, 0.717) is 35.2 Å². The highest BCUT2D eigenvalue weighted by molar-refractivity contribution is 6.62. The first-order valence-corrected chi connectivity index (χ1v) is 38.4. The summed E-state index contributed by atoms with van der Waals surface area (Å²) in [6.45, 7) is 33.8. The van der Waals surface area contributed by atoms with Crippen molar-refractivity contribution in [3.05, 3.63) is 305 Å². The van der Waals surface area contributed by atoms with E-state index < -0.39 is 0 Å². The molecule has 15 heteroatoms. The fourth-order valence-corrected chi connectivity index (χ4v) is 14.5. The van der Waals surface area contributed by atoms with Crippen molar-refractivity contribution >= 4 is 45.7 Å². The first-order chi connectivity index (χ1) is 53.4. The monoisotopic (exact) mass is 1470 g/mol. The van der Waals surface area contributed by atoms with Gasteiger partial charge in [0, 0.05) is 56.0 Å². The average Bonchev–Trinajstić information content (AvgIpc) is 1.61. The van der Waals surface area contributed by atoms with Gasteiger partial charge in [-0.2, -0.15) is 0 Å². The Bertz CT molecular complexity index is 5740. The molecule has 5 aromatic heterocycles. The van der Waals surface area contributed by atoms with Gasteiger partial charge in [0.25, 0.3) is 0 Å². The molecule has 6 heterocycles. The summed E-state index contributed by atoms with van der Waals surface area (Å²) >= 11 is 0. The van der Waals surface area contributed by atoms with Crippen LogP contribution in [0.15, 0.2) is 255 Å². The minimum atomic E-state index is -0.369. The summed E-state index contributed by atoms with van der Waals surface area (Å²) in [6.07, 6.45) is 0. The fourth-order valence-electron chi connectivity index (χ4n) is 14.5. The Hall–Kier alpha value is -12.2. The number of aryl methyl sites for hydroxylation is 6. The first kappa shape index (κ1) is 76.6. The van der Waals surface area contributed by atoms with E-state index in [1.54, 1.807) is 0 Å². The van der Waals surface area contributed by atoms with Crippen molar-refractivity contribution in [3.8, 4) is 96.8 Å². The molecule has 0 radical (unpaired) electrons. The molecule has 0 unspecified atom stereocenters. The van der Waals surface area contributed by atoms with Crippen molar-refractivity contribution in [2.24, 2.45) is 0 Å². The van der Waals surface area contributed by atoms with Gasteiger partial charge >= 0.3 is 7.12 Å². The third-order valence-corrected chi connectivity index (χ3v) is 21.1. The van der Waals surface area contributed by atoms with Crippen molar-refractivity contribution in [2.75, 3.05) is 0 Å². The largest absolute Gasteiger partial charge is 0.494 e. The van der Waals surface area contributed by atoms with Gasteiger partial charge in [0.2, 0.25) is 0 Å². The number of hydrogen-bond acceptors (Lipinski definition) is 11. The standard InChI is InChI=1S/C55H47N7.C28H31BN2O2.C13H15N3.CH4/c1-34(2)38-23-27-45(28-24-38)61-49-13-9-7-11-47(49)56-54(61)42-19-15-40(16-20-42)51-58-52(60-53(59-51)44-32-36(5)31-37(6)33-44)41-17-21-43(22-18-41)55-57-48-12-8-10-14-50(48)62(55)46-29-25-39(26-30-46)35(3)4;1-19(2)20-13-17-23(18-14-20)31-25-10-8-7-9-24(25)30-26(31)21-11-15-22(16-12-21)29-32-27(3,4)28(5,6)33-29;1-8-5-9(2)7-12(6-8)13-15-10(3)14-11(4)16-13;/h7-35H,1-6H3;7-19H,1-6H3;5-7H,1-4H3;1H4. The maximum Gasteiger partial charge on any atom is 0.494 e. The van der Waals surface area contributed by atoms with Crippen LogP contribution in [-0.4, -0.2) is 76.9 Å². The summed E-state index contributed by atoms with van der Waals surface area (Å²) in [5, 5.41) is 0. The second-order valence-corrected chi connectivity index (χ2v) is 31.2. The highest BCUT2D eigenvalue weighted by Gasteiger charge is 2.51. The molecule has 16 aromatic rings. The number of para-hydroxylation sites is 6. The van der Waals surface area contributed by atoms with E-state index in [2.05, 4.69) is 362 Å². The molecule has 1 aliphatic heterocycles. The van der Waals surface area contributed by atoms with Crippen molar-refractivity contribution in [3.63, 3.8) is 0 Å². The topological polar surface area (TPSA) is 149 Å².